The van der Waals surface area contributed by atoms with E-state index in [0.717, 1.165) is 11.8 Å². The lowest BCUT2D eigenvalue weighted by molar-refractivity contribution is -0.385. The van der Waals surface area contributed by atoms with Crippen LogP contribution < -0.4 is 0 Å². The van der Waals surface area contributed by atoms with Crippen molar-refractivity contribution in [3.63, 3.8) is 0 Å². The molecule has 8 nitrogen and oxygen atoms in total. The van der Waals surface area contributed by atoms with E-state index in [1.807, 2.05) is 0 Å². The van der Waals surface area contributed by atoms with Crippen molar-refractivity contribution in [1.82, 2.24) is 14.8 Å². The minimum absolute atomic E-state index is 0.000285. The maximum absolute atomic E-state index is 10.9. The first-order valence-corrected chi connectivity index (χ1v) is 6.88. The number of aliphatic carboxylic acids is 1. The number of nitro groups is 1. The molecule has 0 aliphatic rings. The molecular formula is C12H12N4O4S. The number of carboxylic acid groups (broad SMARTS) is 1. The molecule has 1 N–H and O–H groups in total. The fourth-order valence-electron chi connectivity index (χ4n) is 1.80. The lowest BCUT2D eigenvalue weighted by Gasteiger charge is -2.01. The maximum Gasteiger partial charge on any atom is 0.313 e. The van der Waals surface area contributed by atoms with Gasteiger partial charge in [0.05, 0.1) is 10.7 Å². The van der Waals surface area contributed by atoms with Gasteiger partial charge in [0.2, 0.25) is 0 Å². The van der Waals surface area contributed by atoms with Crippen LogP contribution in [0, 0.1) is 17.0 Å². The molecule has 0 aliphatic heterocycles. The minimum atomic E-state index is -0.948. The van der Waals surface area contributed by atoms with Crippen LogP contribution in [0.25, 0.3) is 11.4 Å². The quantitative estimate of drug-likeness (QED) is 0.510. The molecule has 0 spiro atoms. The Balaban J connectivity index is 2.39. The fraction of sp³-hybridized carbons (Fsp3) is 0.250. The number of benzene rings is 1. The van der Waals surface area contributed by atoms with Crippen molar-refractivity contribution in [3.8, 4) is 11.4 Å². The van der Waals surface area contributed by atoms with Crippen molar-refractivity contribution in [1.29, 1.82) is 0 Å². The van der Waals surface area contributed by atoms with E-state index in [1.165, 1.54) is 10.7 Å². The second-order valence-corrected chi connectivity index (χ2v) is 5.17. The standard InChI is InChI=1S/C12H12N4O4S/c1-7-8(4-3-5-9(7)16(19)20)11-13-12(15(2)14-11)21-6-10(17)18/h3-5H,6H2,1-2H3,(H,17,18). The maximum atomic E-state index is 10.9. The van der Waals surface area contributed by atoms with Gasteiger partial charge in [-0.3, -0.25) is 14.9 Å². The van der Waals surface area contributed by atoms with Crippen molar-refractivity contribution >= 4 is 23.4 Å². The lowest BCUT2D eigenvalue weighted by atomic mass is 10.1. The number of aryl methyl sites for hydroxylation is 1. The smallest absolute Gasteiger partial charge is 0.313 e. The second-order valence-electron chi connectivity index (χ2n) is 4.23. The molecule has 0 saturated carbocycles. The second kappa shape index (κ2) is 5.92. The van der Waals surface area contributed by atoms with Crippen LogP contribution in [-0.4, -0.2) is 36.5 Å². The number of carboxylic acids is 1. The molecule has 0 fully saturated rings. The van der Waals surface area contributed by atoms with Crippen molar-refractivity contribution in [2.24, 2.45) is 7.05 Å². The number of nitro benzene ring substituents is 1. The van der Waals surface area contributed by atoms with Gasteiger partial charge in [-0.25, -0.2) is 9.67 Å². The van der Waals surface area contributed by atoms with Crippen LogP contribution in [0.5, 0.6) is 0 Å². The van der Waals surface area contributed by atoms with Crippen molar-refractivity contribution in [2.75, 3.05) is 5.75 Å². The van der Waals surface area contributed by atoms with E-state index in [9.17, 15) is 14.9 Å². The Morgan fingerprint density at radius 1 is 1.52 bits per heavy atom. The highest BCUT2D eigenvalue weighted by atomic mass is 32.2. The summed E-state index contributed by atoms with van der Waals surface area (Å²) >= 11 is 1.04. The lowest BCUT2D eigenvalue weighted by Crippen LogP contribution is -2.00. The summed E-state index contributed by atoms with van der Waals surface area (Å²) in [6, 6.07) is 4.69. The van der Waals surface area contributed by atoms with Gasteiger partial charge in [-0.1, -0.05) is 23.9 Å². The van der Waals surface area contributed by atoms with Gasteiger partial charge in [0.25, 0.3) is 5.69 Å². The number of rotatable bonds is 5. The van der Waals surface area contributed by atoms with Crippen LogP contribution in [0.15, 0.2) is 23.4 Å². The summed E-state index contributed by atoms with van der Waals surface area (Å²) in [6.07, 6.45) is 0. The number of carbonyl (C=O) groups is 1. The third kappa shape index (κ3) is 3.19. The minimum Gasteiger partial charge on any atom is -0.481 e. The summed E-state index contributed by atoms with van der Waals surface area (Å²) in [5, 5.41) is 24.3. The first-order valence-electron chi connectivity index (χ1n) is 5.90. The Hall–Kier alpha value is -2.42. The zero-order valence-electron chi connectivity index (χ0n) is 11.3. The molecule has 9 heteroatoms. The molecule has 0 bridgehead atoms. The topological polar surface area (TPSA) is 111 Å². The fourth-order valence-corrected chi connectivity index (χ4v) is 2.43. The molecule has 21 heavy (non-hydrogen) atoms. The first-order chi connectivity index (χ1) is 9.90. The zero-order chi connectivity index (χ0) is 15.6. The highest BCUT2D eigenvalue weighted by Gasteiger charge is 2.18. The molecule has 0 unspecified atom stereocenters. The molecule has 1 aromatic heterocycles. The van der Waals surface area contributed by atoms with Crippen LogP contribution in [0.1, 0.15) is 5.56 Å². The predicted octanol–water partition coefficient (Wildman–Crippen LogP) is 1.88. The molecule has 0 radical (unpaired) electrons. The third-order valence-electron chi connectivity index (χ3n) is 2.79. The Kier molecular flexibility index (Phi) is 4.22. The van der Waals surface area contributed by atoms with Gasteiger partial charge in [0.15, 0.2) is 11.0 Å². The summed E-state index contributed by atoms with van der Waals surface area (Å²) in [7, 11) is 1.65. The highest BCUT2D eigenvalue weighted by Crippen LogP contribution is 2.29. The van der Waals surface area contributed by atoms with Gasteiger partial charge in [-0.2, -0.15) is 5.10 Å². The SMILES string of the molecule is Cc1c(-c2nc(SCC(=O)O)n(C)n2)cccc1[N+](=O)[O-]. The van der Waals surface area contributed by atoms with Gasteiger partial charge in [-0.05, 0) is 6.92 Å². The molecule has 0 atom stereocenters. The van der Waals surface area contributed by atoms with E-state index < -0.39 is 10.9 Å². The van der Waals surface area contributed by atoms with Gasteiger partial charge in [0, 0.05) is 24.2 Å². The van der Waals surface area contributed by atoms with Crippen LogP contribution >= 0.6 is 11.8 Å². The Morgan fingerprint density at radius 2 is 2.24 bits per heavy atom. The normalized spacial score (nSPS) is 10.6. The van der Waals surface area contributed by atoms with E-state index in [4.69, 9.17) is 5.11 Å². The molecule has 2 rings (SSSR count). The number of nitrogens with zero attached hydrogens (tertiary/aromatic N) is 4. The van der Waals surface area contributed by atoms with Gasteiger partial charge >= 0.3 is 5.97 Å². The average molecular weight is 308 g/mol. The largest absolute Gasteiger partial charge is 0.481 e. The van der Waals surface area contributed by atoms with Gasteiger partial charge in [-0.15, -0.1) is 0 Å². The van der Waals surface area contributed by atoms with E-state index >= 15 is 0 Å². The number of hydrogen-bond donors (Lipinski definition) is 1. The molecule has 110 valence electrons. The van der Waals surface area contributed by atoms with Crippen LogP contribution in [0.2, 0.25) is 0 Å². The van der Waals surface area contributed by atoms with E-state index in [0.29, 0.717) is 22.1 Å². The Morgan fingerprint density at radius 3 is 2.86 bits per heavy atom. The van der Waals surface area contributed by atoms with E-state index in [2.05, 4.69) is 10.1 Å². The van der Waals surface area contributed by atoms with Crippen LogP contribution in [0.4, 0.5) is 5.69 Å². The molecule has 1 heterocycles. The van der Waals surface area contributed by atoms with E-state index in [-0.39, 0.29) is 11.4 Å². The summed E-state index contributed by atoms with van der Waals surface area (Å²) in [5.74, 6) is -0.734. The molecule has 1 aromatic carbocycles. The number of hydrogen-bond acceptors (Lipinski definition) is 6. The summed E-state index contributed by atoms with van der Waals surface area (Å²) in [4.78, 5) is 25.3. The molecule has 2 aromatic rings. The van der Waals surface area contributed by atoms with Gasteiger partial charge in [0.1, 0.15) is 0 Å². The van der Waals surface area contributed by atoms with Crippen molar-refractivity contribution in [3.05, 3.63) is 33.9 Å². The number of aromatic nitrogens is 3. The summed E-state index contributed by atoms with van der Waals surface area (Å²) < 4.78 is 1.46. The molecule has 0 saturated heterocycles. The van der Waals surface area contributed by atoms with Gasteiger partial charge < -0.3 is 5.11 Å². The molecule has 0 amide bonds. The predicted molar refractivity (Wildman–Crippen MR) is 76.2 cm³/mol. The third-order valence-corrected chi connectivity index (χ3v) is 3.80. The average Bonchev–Trinajstić information content (AvgIpc) is 2.77. The first kappa shape index (κ1) is 15.0. The number of thioether (sulfide) groups is 1. The van der Waals surface area contributed by atoms with Crippen molar-refractivity contribution in [2.45, 2.75) is 12.1 Å². The summed E-state index contributed by atoms with van der Waals surface area (Å²) in [6.45, 7) is 1.63. The summed E-state index contributed by atoms with van der Waals surface area (Å²) in [5.41, 5.74) is 1.03. The zero-order valence-corrected chi connectivity index (χ0v) is 12.1. The van der Waals surface area contributed by atoms with Crippen molar-refractivity contribution < 1.29 is 14.8 Å². The monoisotopic (exact) mass is 308 g/mol. The van der Waals surface area contributed by atoms with Crippen LogP contribution in [-0.2, 0) is 11.8 Å². The highest BCUT2D eigenvalue weighted by molar-refractivity contribution is 7.99. The van der Waals surface area contributed by atoms with E-state index in [1.54, 1.807) is 26.1 Å². The molecule has 0 aliphatic carbocycles. The molecular weight excluding hydrogens is 296 g/mol. The Labute approximate surface area is 124 Å². The Bertz CT molecular complexity index is 713. The van der Waals surface area contributed by atoms with Crippen LogP contribution in [0.3, 0.4) is 0 Å².